The standard InChI is InChI=1S/C14H21F2N3O4S/c1-14(2,3)23-13(20)18-5-4-6-19-24(21,22)12-8-11(17)9(15)7-10(12)16/h7-8,19H,4-6,17H2,1-3H3,(H,18,20). The fraction of sp³-hybridized carbons (Fsp3) is 0.500. The number of nitrogen functional groups attached to an aromatic ring is 1. The third-order valence-corrected chi connectivity index (χ3v) is 4.13. The molecule has 0 saturated heterocycles. The van der Waals surface area contributed by atoms with Crippen LogP contribution in [0, 0.1) is 11.6 Å². The number of rotatable bonds is 6. The van der Waals surface area contributed by atoms with Crippen LogP contribution in [0.25, 0.3) is 0 Å². The van der Waals surface area contributed by atoms with Crippen LogP contribution in [0.5, 0.6) is 0 Å². The van der Waals surface area contributed by atoms with Gasteiger partial charge in [0.25, 0.3) is 0 Å². The fourth-order valence-corrected chi connectivity index (χ4v) is 2.79. The van der Waals surface area contributed by atoms with Crippen molar-refractivity contribution < 1.29 is 26.7 Å². The number of nitrogens with two attached hydrogens (primary N) is 1. The van der Waals surface area contributed by atoms with Crippen LogP contribution < -0.4 is 15.8 Å². The van der Waals surface area contributed by atoms with Crippen LogP contribution in [0.2, 0.25) is 0 Å². The van der Waals surface area contributed by atoms with E-state index in [1.165, 1.54) is 0 Å². The summed E-state index contributed by atoms with van der Waals surface area (Å²) >= 11 is 0. The summed E-state index contributed by atoms with van der Waals surface area (Å²) < 4.78 is 57.7. The lowest BCUT2D eigenvalue weighted by Crippen LogP contribution is -2.34. The van der Waals surface area contributed by atoms with Gasteiger partial charge < -0.3 is 15.8 Å². The van der Waals surface area contributed by atoms with Crippen molar-refractivity contribution in [2.24, 2.45) is 0 Å². The Morgan fingerprint density at radius 2 is 1.83 bits per heavy atom. The second-order valence-electron chi connectivity index (χ2n) is 5.98. The van der Waals surface area contributed by atoms with Gasteiger partial charge >= 0.3 is 6.09 Å². The molecule has 1 aromatic rings. The molecule has 0 unspecified atom stereocenters. The third-order valence-electron chi connectivity index (χ3n) is 2.65. The first-order chi connectivity index (χ1) is 10.9. The lowest BCUT2D eigenvalue weighted by Gasteiger charge is -2.19. The van der Waals surface area contributed by atoms with E-state index in [0.29, 0.717) is 12.1 Å². The van der Waals surface area contributed by atoms with Gasteiger partial charge in [0, 0.05) is 19.2 Å². The van der Waals surface area contributed by atoms with Crippen LogP contribution in [0.15, 0.2) is 17.0 Å². The number of anilines is 1. The van der Waals surface area contributed by atoms with Crippen molar-refractivity contribution in [1.29, 1.82) is 0 Å². The highest BCUT2D eigenvalue weighted by molar-refractivity contribution is 7.89. The number of sulfonamides is 1. The van der Waals surface area contributed by atoms with E-state index in [1.54, 1.807) is 20.8 Å². The van der Waals surface area contributed by atoms with Gasteiger partial charge in [-0.1, -0.05) is 0 Å². The number of halogens is 2. The summed E-state index contributed by atoms with van der Waals surface area (Å²) in [6.45, 7) is 5.23. The summed E-state index contributed by atoms with van der Waals surface area (Å²) in [6.07, 6.45) is -0.376. The summed E-state index contributed by atoms with van der Waals surface area (Å²) in [5.74, 6) is -2.27. The zero-order chi connectivity index (χ0) is 18.5. The summed E-state index contributed by atoms with van der Waals surface area (Å²) in [5.41, 5.74) is 4.15. The van der Waals surface area contributed by atoms with E-state index in [9.17, 15) is 22.0 Å². The number of benzene rings is 1. The van der Waals surface area contributed by atoms with Gasteiger partial charge in [-0.25, -0.2) is 26.7 Å². The van der Waals surface area contributed by atoms with Crippen molar-refractivity contribution in [1.82, 2.24) is 10.0 Å². The van der Waals surface area contributed by atoms with Gasteiger partial charge in [0.05, 0.1) is 5.69 Å². The number of hydrogen-bond acceptors (Lipinski definition) is 5. The Balaban J connectivity index is 2.50. The highest BCUT2D eigenvalue weighted by atomic mass is 32.2. The molecule has 0 atom stereocenters. The molecule has 0 fully saturated rings. The maximum absolute atomic E-state index is 13.6. The van der Waals surface area contributed by atoms with Crippen LogP contribution in [0.3, 0.4) is 0 Å². The zero-order valence-corrected chi connectivity index (χ0v) is 14.5. The molecule has 0 aliphatic carbocycles. The highest BCUT2D eigenvalue weighted by Crippen LogP contribution is 2.20. The maximum Gasteiger partial charge on any atom is 0.407 e. The minimum atomic E-state index is -4.18. The number of amides is 1. The first kappa shape index (κ1) is 20.1. The summed E-state index contributed by atoms with van der Waals surface area (Å²) in [7, 11) is -4.18. The molecule has 24 heavy (non-hydrogen) atoms. The fourth-order valence-electron chi connectivity index (χ4n) is 1.63. The topological polar surface area (TPSA) is 111 Å². The smallest absolute Gasteiger partial charge is 0.407 e. The molecule has 0 saturated carbocycles. The molecule has 0 spiro atoms. The molecular weight excluding hydrogens is 344 g/mol. The molecule has 4 N–H and O–H groups in total. The molecule has 0 aliphatic heterocycles. The Hall–Kier alpha value is -1.94. The Labute approximate surface area is 139 Å². The number of nitrogens with one attached hydrogen (secondary N) is 2. The van der Waals surface area contributed by atoms with E-state index >= 15 is 0 Å². The SMILES string of the molecule is CC(C)(C)OC(=O)NCCCNS(=O)(=O)c1cc(N)c(F)cc1F. The molecule has 0 bridgehead atoms. The number of carbonyl (C=O) groups excluding carboxylic acids is 1. The molecule has 1 aromatic carbocycles. The average Bonchev–Trinajstić information content (AvgIpc) is 2.40. The van der Waals surface area contributed by atoms with Gasteiger partial charge in [-0.05, 0) is 33.3 Å². The van der Waals surface area contributed by atoms with Gasteiger partial charge in [-0.3, -0.25) is 0 Å². The van der Waals surface area contributed by atoms with Crippen LogP contribution >= 0.6 is 0 Å². The van der Waals surface area contributed by atoms with Crippen molar-refractivity contribution in [3.8, 4) is 0 Å². The van der Waals surface area contributed by atoms with Gasteiger partial charge in [0.15, 0.2) is 0 Å². The van der Waals surface area contributed by atoms with Gasteiger partial charge in [-0.2, -0.15) is 0 Å². The zero-order valence-electron chi connectivity index (χ0n) is 13.7. The van der Waals surface area contributed by atoms with Gasteiger partial charge in [0.1, 0.15) is 22.1 Å². The molecule has 1 amide bonds. The number of carbonyl (C=O) groups is 1. The molecule has 136 valence electrons. The lowest BCUT2D eigenvalue weighted by atomic mass is 10.2. The number of alkyl carbamates (subject to hydrolysis) is 1. The van der Waals surface area contributed by atoms with Crippen LogP contribution in [-0.2, 0) is 14.8 Å². The highest BCUT2D eigenvalue weighted by Gasteiger charge is 2.21. The normalized spacial score (nSPS) is 12.0. The van der Waals surface area contributed by atoms with Crippen molar-refractivity contribution in [3.63, 3.8) is 0 Å². The first-order valence-electron chi connectivity index (χ1n) is 7.13. The summed E-state index contributed by atoms with van der Waals surface area (Å²) in [5, 5.41) is 2.45. The monoisotopic (exact) mass is 365 g/mol. The van der Waals surface area contributed by atoms with E-state index in [0.717, 1.165) is 0 Å². The Morgan fingerprint density at radius 1 is 1.21 bits per heavy atom. The summed E-state index contributed by atoms with van der Waals surface area (Å²) in [6, 6.07) is 1.12. The second-order valence-corrected chi connectivity index (χ2v) is 7.72. The number of ether oxygens (including phenoxy) is 1. The summed E-state index contributed by atoms with van der Waals surface area (Å²) in [4.78, 5) is 10.6. The van der Waals surface area contributed by atoms with E-state index < -0.39 is 43.9 Å². The Morgan fingerprint density at radius 3 is 2.42 bits per heavy atom. The second kappa shape index (κ2) is 7.75. The molecule has 10 heteroatoms. The predicted molar refractivity (Wildman–Crippen MR) is 84.8 cm³/mol. The molecule has 7 nitrogen and oxygen atoms in total. The van der Waals surface area contributed by atoms with Gasteiger partial charge in [0.2, 0.25) is 10.0 Å². The van der Waals surface area contributed by atoms with E-state index in [4.69, 9.17) is 10.5 Å². The third kappa shape index (κ3) is 6.28. The molecule has 0 aromatic heterocycles. The molecule has 0 heterocycles. The van der Waals surface area contributed by atoms with E-state index in [1.807, 2.05) is 0 Å². The Kier molecular flexibility index (Phi) is 6.50. The average molecular weight is 365 g/mol. The van der Waals surface area contributed by atoms with Crippen LogP contribution in [0.4, 0.5) is 19.3 Å². The Bertz CT molecular complexity index is 703. The van der Waals surface area contributed by atoms with Crippen molar-refractivity contribution in [2.75, 3.05) is 18.8 Å². The molecule has 0 aliphatic rings. The van der Waals surface area contributed by atoms with Crippen molar-refractivity contribution >= 4 is 21.8 Å². The van der Waals surface area contributed by atoms with Crippen molar-refractivity contribution in [2.45, 2.75) is 37.7 Å². The minimum absolute atomic E-state index is 0.0607. The minimum Gasteiger partial charge on any atom is -0.444 e. The van der Waals surface area contributed by atoms with Crippen LogP contribution in [-0.4, -0.2) is 33.2 Å². The maximum atomic E-state index is 13.6. The number of hydrogen-bond donors (Lipinski definition) is 3. The largest absolute Gasteiger partial charge is 0.444 e. The predicted octanol–water partition coefficient (Wildman–Crippen LogP) is 1.74. The quantitative estimate of drug-likeness (QED) is 0.525. The molecular formula is C14H21F2N3O4S. The lowest BCUT2D eigenvalue weighted by molar-refractivity contribution is 0.0527. The van der Waals surface area contributed by atoms with Gasteiger partial charge in [-0.15, -0.1) is 0 Å². The van der Waals surface area contributed by atoms with E-state index in [2.05, 4.69) is 10.0 Å². The molecule has 1 rings (SSSR count). The van der Waals surface area contributed by atoms with Crippen LogP contribution in [0.1, 0.15) is 27.2 Å². The molecule has 0 radical (unpaired) electrons. The van der Waals surface area contributed by atoms with Crippen molar-refractivity contribution in [3.05, 3.63) is 23.8 Å². The van der Waals surface area contributed by atoms with E-state index in [-0.39, 0.29) is 19.5 Å². The first-order valence-corrected chi connectivity index (χ1v) is 8.62.